The van der Waals surface area contributed by atoms with Crippen molar-refractivity contribution in [3.8, 4) is 11.1 Å². The van der Waals surface area contributed by atoms with Crippen molar-refractivity contribution in [2.24, 2.45) is 17.3 Å². The van der Waals surface area contributed by atoms with E-state index in [0.29, 0.717) is 32.5 Å². The van der Waals surface area contributed by atoms with Crippen LogP contribution in [0.4, 0.5) is 4.79 Å². The Morgan fingerprint density at radius 3 is 2.36 bits per heavy atom. The zero-order chi connectivity index (χ0) is 23.2. The number of amides is 2. The molecule has 2 aromatic carbocycles. The maximum absolute atomic E-state index is 12.7. The van der Waals surface area contributed by atoms with E-state index in [0.717, 1.165) is 11.1 Å². The van der Waals surface area contributed by atoms with Crippen LogP contribution in [0, 0.1) is 17.3 Å². The van der Waals surface area contributed by atoms with Crippen molar-refractivity contribution in [3.05, 3.63) is 59.7 Å². The average molecular weight is 449 g/mol. The van der Waals surface area contributed by atoms with Crippen LogP contribution < -0.4 is 5.32 Å². The summed E-state index contributed by atoms with van der Waals surface area (Å²) in [7, 11) is 0. The molecule has 7 nitrogen and oxygen atoms in total. The molecule has 3 aliphatic rings. The Kier molecular flexibility index (Phi) is 5.35. The second-order valence-electron chi connectivity index (χ2n) is 9.52. The number of nitrogens with zero attached hydrogens (tertiary/aromatic N) is 1. The van der Waals surface area contributed by atoms with Crippen LogP contribution in [0.1, 0.15) is 36.8 Å². The Bertz CT molecular complexity index is 1070. The Morgan fingerprint density at radius 1 is 1.12 bits per heavy atom. The molecule has 7 heteroatoms. The fourth-order valence-corrected chi connectivity index (χ4v) is 5.46. The summed E-state index contributed by atoms with van der Waals surface area (Å²) in [5.74, 6) is -1.04. The second-order valence-corrected chi connectivity index (χ2v) is 9.52. The van der Waals surface area contributed by atoms with Crippen molar-refractivity contribution >= 4 is 18.0 Å². The van der Waals surface area contributed by atoms with Gasteiger partial charge < -0.3 is 20.1 Å². The van der Waals surface area contributed by atoms with Crippen LogP contribution in [0.25, 0.3) is 11.1 Å². The maximum atomic E-state index is 12.7. The van der Waals surface area contributed by atoms with Gasteiger partial charge in [0.15, 0.2) is 0 Å². The minimum Gasteiger partial charge on any atom is -0.481 e. The number of nitrogens with one attached hydrogen (secondary N) is 1. The molecule has 0 bridgehead atoms. The van der Waals surface area contributed by atoms with E-state index in [9.17, 15) is 19.5 Å². The Morgan fingerprint density at radius 2 is 1.76 bits per heavy atom. The summed E-state index contributed by atoms with van der Waals surface area (Å²) in [6, 6.07) is 16.4. The predicted octanol–water partition coefficient (Wildman–Crippen LogP) is 3.48. The van der Waals surface area contributed by atoms with E-state index in [1.54, 1.807) is 4.90 Å². The van der Waals surface area contributed by atoms with Crippen LogP contribution in [0.3, 0.4) is 0 Å². The summed E-state index contributed by atoms with van der Waals surface area (Å²) in [5, 5.41) is 12.1. The van der Waals surface area contributed by atoms with Crippen molar-refractivity contribution in [2.45, 2.75) is 25.7 Å². The number of likely N-dealkylation sites (tertiary alicyclic amines) is 1. The number of piperidine rings is 1. The molecule has 1 saturated carbocycles. The lowest BCUT2D eigenvalue weighted by Crippen LogP contribution is -2.38. The standard InChI is InChI=1S/C26H28N2O5/c1-16(23(29)28-13-17-12-26(17,15-28)24(30)31)10-11-27-25(32)33-14-22-20-8-4-2-6-18(20)19-7-3-5-9-21(19)22/h2-9,16-17,22H,10-15H2,1H3,(H,27,32)(H,30,31). The van der Waals surface area contributed by atoms with E-state index in [-0.39, 0.29) is 30.3 Å². The molecule has 1 aliphatic heterocycles. The third-order valence-corrected chi connectivity index (χ3v) is 7.50. The van der Waals surface area contributed by atoms with Gasteiger partial charge in [-0.1, -0.05) is 55.5 Å². The van der Waals surface area contributed by atoms with Crippen LogP contribution >= 0.6 is 0 Å². The Hall–Kier alpha value is -3.35. The van der Waals surface area contributed by atoms with E-state index in [1.807, 2.05) is 31.2 Å². The summed E-state index contributed by atoms with van der Waals surface area (Å²) in [5.41, 5.74) is 3.97. The number of benzene rings is 2. The van der Waals surface area contributed by atoms with E-state index in [1.165, 1.54) is 11.1 Å². The van der Waals surface area contributed by atoms with E-state index >= 15 is 0 Å². The molecule has 0 spiro atoms. The van der Waals surface area contributed by atoms with Gasteiger partial charge in [-0.3, -0.25) is 9.59 Å². The number of fused-ring (bicyclic) bond motifs is 4. The molecule has 3 unspecified atom stereocenters. The molecular formula is C26H28N2O5. The van der Waals surface area contributed by atoms with Crippen LogP contribution in [0.2, 0.25) is 0 Å². The molecule has 1 saturated heterocycles. The predicted molar refractivity (Wildman–Crippen MR) is 122 cm³/mol. The number of carboxylic acid groups (broad SMARTS) is 1. The van der Waals surface area contributed by atoms with Gasteiger partial charge in [0.05, 0.1) is 5.41 Å². The molecule has 2 aliphatic carbocycles. The van der Waals surface area contributed by atoms with Gasteiger partial charge in [0.25, 0.3) is 0 Å². The molecule has 33 heavy (non-hydrogen) atoms. The highest BCUT2D eigenvalue weighted by Gasteiger charge is 2.66. The SMILES string of the molecule is CC(CCNC(=O)OCC1c2ccccc2-c2ccccc21)C(=O)N1CC2CC2(C(=O)O)C1. The second kappa shape index (κ2) is 8.21. The third kappa shape index (κ3) is 3.75. The number of carbonyl (C=O) groups excluding carboxylic acids is 2. The number of carbonyl (C=O) groups is 3. The first-order valence-electron chi connectivity index (χ1n) is 11.5. The van der Waals surface area contributed by atoms with Crippen molar-refractivity contribution in [3.63, 3.8) is 0 Å². The molecule has 172 valence electrons. The zero-order valence-corrected chi connectivity index (χ0v) is 18.6. The Balaban J connectivity index is 1.09. The van der Waals surface area contributed by atoms with E-state index in [4.69, 9.17) is 4.74 Å². The van der Waals surface area contributed by atoms with Crippen molar-refractivity contribution < 1.29 is 24.2 Å². The quantitative estimate of drug-likeness (QED) is 0.676. The highest BCUT2D eigenvalue weighted by Crippen LogP contribution is 2.58. The van der Waals surface area contributed by atoms with Crippen molar-refractivity contribution in [2.75, 3.05) is 26.2 Å². The third-order valence-electron chi connectivity index (χ3n) is 7.50. The van der Waals surface area contributed by atoms with Crippen LogP contribution in [-0.2, 0) is 14.3 Å². The summed E-state index contributed by atoms with van der Waals surface area (Å²) in [6.07, 6.45) is 0.650. The van der Waals surface area contributed by atoms with Crippen LogP contribution in [0.5, 0.6) is 0 Å². The van der Waals surface area contributed by atoms with Crippen molar-refractivity contribution in [1.82, 2.24) is 10.2 Å². The molecule has 2 amide bonds. The highest BCUT2D eigenvalue weighted by atomic mass is 16.5. The van der Waals surface area contributed by atoms with Crippen LogP contribution in [0.15, 0.2) is 48.5 Å². The first-order chi connectivity index (χ1) is 15.9. The summed E-state index contributed by atoms with van der Waals surface area (Å²) >= 11 is 0. The minimum atomic E-state index is -0.799. The van der Waals surface area contributed by atoms with Crippen LogP contribution in [-0.4, -0.2) is 54.2 Å². The minimum absolute atomic E-state index is 0.00630. The molecule has 0 radical (unpaired) electrons. The maximum Gasteiger partial charge on any atom is 0.407 e. The molecule has 2 N–H and O–H groups in total. The van der Waals surface area contributed by atoms with Crippen molar-refractivity contribution in [1.29, 1.82) is 0 Å². The lowest BCUT2D eigenvalue weighted by atomic mass is 9.98. The number of hydrogen-bond acceptors (Lipinski definition) is 4. The fourth-order valence-electron chi connectivity index (χ4n) is 5.46. The highest BCUT2D eigenvalue weighted by molar-refractivity contribution is 5.84. The fraction of sp³-hybridized carbons (Fsp3) is 0.423. The van der Waals surface area contributed by atoms with Gasteiger partial charge in [0, 0.05) is 31.5 Å². The Labute approximate surface area is 192 Å². The number of hydrogen-bond donors (Lipinski definition) is 2. The number of ether oxygens (including phenoxy) is 1. The lowest BCUT2D eigenvalue weighted by molar-refractivity contribution is -0.144. The molecule has 0 aromatic heterocycles. The van der Waals surface area contributed by atoms with Gasteiger partial charge in [-0.15, -0.1) is 0 Å². The largest absolute Gasteiger partial charge is 0.481 e. The molecular weight excluding hydrogens is 420 g/mol. The number of rotatable bonds is 7. The zero-order valence-electron chi connectivity index (χ0n) is 18.6. The van der Waals surface area contributed by atoms with Gasteiger partial charge in [0.2, 0.25) is 5.91 Å². The smallest absolute Gasteiger partial charge is 0.407 e. The molecule has 3 atom stereocenters. The average Bonchev–Trinajstić information content (AvgIpc) is 3.25. The van der Waals surface area contributed by atoms with Gasteiger partial charge in [-0.2, -0.15) is 0 Å². The molecule has 2 aromatic rings. The number of aliphatic carboxylic acids is 1. The summed E-state index contributed by atoms with van der Waals surface area (Å²) in [6.45, 7) is 3.22. The normalized spacial score (nSPS) is 23.3. The topological polar surface area (TPSA) is 95.9 Å². The number of carboxylic acids is 1. The lowest BCUT2D eigenvalue weighted by Gasteiger charge is -2.23. The van der Waals surface area contributed by atoms with E-state index in [2.05, 4.69) is 29.6 Å². The first-order valence-corrected chi connectivity index (χ1v) is 11.5. The first kappa shape index (κ1) is 21.5. The monoisotopic (exact) mass is 448 g/mol. The number of alkyl carbamates (subject to hydrolysis) is 1. The summed E-state index contributed by atoms with van der Waals surface area (Å²) < 4.78 is 5.53. The van der Waals surface area contributed by atoms with Gasteiger partial charge in [-0.25, -0.2) is 4.79 Å². The molecule has 5 rings (SSSR count). The van der Waals surface area contributed by atoms with Gasteiger partial charge in [0.1, 0.15) is 6.61 Å². The van der Waals surface area contributed by atoms with Gasteiger partial charge in [-0.05, 0) is 41.0 Å². The van der Waals surface area contributed by atoms with Gasteiger partial charge >= 0.3 is 12.1 Å². The summed E-state index contributed by atoms with van der Waals surface area (Å²) in [4.78, 5) is 38.1. The van der Waals surface area contributed by atoms with E-state index < -0.39 is 17.5 Å². The molecule has 2 fully saturated rings. The molecule has 1 heterocycles.